The Bertz CT molecular complexity index is 1870. The van der Waals surface area contributed by atoms with E-state index in [1.54, 1.807) is 29.2 Å². The highest BCUT2D eigenvalue weighted by atomic mass is 35.5. The maximum atomic E-state index is 14.4. The maximum Gasteiger partial charge on any atom is 0.287 e. The number of likely N-dealkylation sites (tertiary alicyclic amines) is 1. The summed E-state index contributed by atoms with van der Waals surface area (Å²) in [7, 11) is 0. The van der Waals surface area contributed by atoms with Crippen LogP contribution in [-0.2, 0) is 11.2 Å². The summed E-state index contributed by atoms with van der Waals surface area (Å²) in [5, 5.41) is 2.83. The Kier molecular flexibility index (Phi) is 9.53. The molecule has 1 N–H and O–H groups in total. The molecule has 9 nitrogen and oxygen atoms in total. The number of anilines is 1. The number of fused-ring (bicyclic) bond motifs is 1. The van der Waals surface area contributed by atoms with Gasteiger partial charge in [-0.25, -0.2) is 8.78 Å². The first-order valence-electron chi connectivity index (χ1n) is 15.6. The average Bonchev–Trinajstić information content (AvgIpc) is 3.09. The fourth-order valence-electron chi connectivity index (χ4n) is 6.17. The number of carbonyl (C=O) groups is 3. The van der Waals surface area contributed by atoms with Gasteiger partial charge in [-0.3, -0.25) is 19.2 Å². The van der Waals surface area contributed by atoms with Gasteiger partial charge in [-0.15, -0.1) is 0 Å². The molecule has 1 atom stereocenters. The van der Waals surface area contributed by atoms with E-state index >= 15 is 0 Å². The summed E-state index contributed by atoms with van der Waals surface area (Å²) in [5.41, 5.74) is 0.821. The van der Waals surface area contributed by atoms with E-state index in [-0.39, 0.29) is 23.6 Å². The molecule has 6 rings (SSSR count). The molecule has 3 aromatic carbocycles. The lowest BCUT2D eigenvalue weighted by molar-refractivity contribution is -0.133. The van der Waals surface area contributed by atoms with Crippen molar-refractivity contribution in [3.05, 3.63) is 110 Å². The fraction of sp³-hybridized carbons (Fsp3) is 0.314. The van der Waals surface area contributed by atoms with Gasteiger partial charge in [-0.1, -0.05) is 35.9 Å². The summed E-state index contributed by atoms with van der Waals surface area (Å²) >= 11 is 6.05. The quantitative estimate of drug-likeness (QED) is 0.298. The zero-order chi connectivity index (χ0) is 33.1. The first kappa shape index (κ1) is 32.2. The second-order valence-electron chi connectivity index (χ2n) is 11.8. The number of piperazine rings is 1. The van der Waals surface area contributed by atoms with Crippen molar-refractivity contribution in [2.75, 3.05) is 44.2 Å². The number of para-hydroxylation sites is 1. The van der Waals surface area contributed by atoms with Crippen molar-refractivity contribution in [2.24, 2.45) is 0 Å². The van der Waals surface area contributed by atoms with Crippen molar-refractivity contribution in [3.63, 3.8) is 0 Å². The van der Waals surface area contributed by atoms with Crippen LogP contribution < -0.4 is 15.6 Å². The Labute approximate surface area is 274 Å². The number of amides is 3. The SMILES string of the molecule is O=C(N[C@H](Cc1ccc(Cl)cc1)C(=O)N1CCN(c2ccccc2C(=O)N2CCCCC2)CC1)c1cc(=O)c2cc(F)cc(F)c2o1. The van der Waals surface area contributed by atoms with Crippen LogP contribution in [0.2, 0.25) is 5.02 Å². The zero-order valence-corrected chi connectivity index (χ0v) is 26.3. The number of carbonyl (C=O) groups excluding carboxylic acids is 3. The Hall–Kier alpha value is -4.77. The van der Waals surface area contributed by atoms with E-state index in [4.69, 9.17) is 16.0 Å². The summed E-state index contributed by atoms with van der Waals surface area (Å²) in [5.74, 6) is -3.84. The number of rotatable bonds is 7. The molecule has 3 heterocycles. The van der Waals surface area contributed by atoms with Crippen LogP contribution >= 0.6 is 11.6 Å². The maximum absolute atomic E-state index is 14.4. The highest BCUT2D eigenvalue weighted by Crippen LogP contribution is 2.25. The predicted molar refractivity (Wildman–Crippen MR) is 174 cm³/mol. The minimum absolute atomic E-state index is 0.00917. The minimum Gasteiger partial charge on any atom is -0.448 e. The van der Waals surface area contributed by atoms with E-state index in [1.807, 2.05) is 29.2 Å². The van der Waals surface area contributed by atoms with Gasteiger partial charge >= 0.3 is 0 Å². The molecule has 0 aliphatic carbocycles. The molecule has 0 spiro atoms. The highest BCUT2D eigenvalue weighted by molar-refractivity contribution is 6.30. The standard InChI is InChI=1S/C35H33ClF2N4O5/c36-23-10-8-22(9-11-23)18-28(39-33(44)31-21-30(43)26-19-24(37)20-27(38)32(26)47-31)35(46)42-16-14-40(15-17-42)29-7-3-2-6-25(29)34(45)41-12-4-1-5-13-41/h2-3,6-11,19-21,28H,1,4-5,12-18H2,(H,39,44)/t28-/m1/s1. The summed E-state index contributed by atoms with van der Waals surface area (Å²) in [6.07, 6.45) is 3.21. The second-order valence-corrected chi connectivity index (χ2v) is 12.2. The smallest absolute Gasteiger partial charge is 0.287 e. The summed E-state index contributed by atoms with van der Waals surface area (Å²) < 4.78 is 33.5. The molecule has 2 fully saturated rings. The largest absolute Gasteiger partial charge is 0.448 e. The highest BCUT2D eigenvalue weighted by Gasteiger charge is 2.31. The van der Waals surface area contributed by atoms with Crippen molar-refractivity contribution in [3.8, 4) is 0 Å². The third-order valence-corrected chi connectivity index (χ3v) is 8.89. The average molecular weight is 663 g/mol. The monoisotopic (exact) mass is 662 g/mol. The fourth-order valence-corrected chi connectivity index (χ4v) is 6.29. The minimum atomic E-state index is -1.13. The second kappa shape index (κ2) is 13.9. The van der Waals surface area contributed by atoms with E-state index in [9.17, 15) is 28.0 Å². The molecule has 2 aliphatic rings. The van der Waals surface area contributed by atoms with E-state index < -0.39 is 40.4 Å². The molecule has 2 aliphatic heterocycles. The number of nitrogens with zero attached hydrogens (tertiary/aromatic N) is 3. The van der Waals surface area contributed by atoms with Gasteiger partial charge in [0.1, 0.15) is 11.9 Å². The van der Waals surface area contributed by atoms with Gasteiger partial charge in [0.05, 0.1) is 10.9 Å². The zero-order valence-electron chi connectivity index (χ0n) is 25.5. The lowest BCUT2D eigenvalue weighted by atomic mass is 10.0. The van der Waals surface area contributed by atoms with Crippen molar-refractivity contribution in [2.45, 2.75) is 31.7 Å². The first-order chi connectivity index (χ1) is 22.7. The summed E-state index contributed by atoms with van der Waals surface area (Å²) in [6, 6.07) is 15.5. The van der Waals surface area contributed by atoms with Crippen LogP contribution in [0.4, 0.5) is 14.5 Å². The van der Waals surface area contributed by atoms with E-state index in [0.29, 0.717) is 42.8 Å². The van der Waals surface area contributed by atoms with Crippen LogP contribution in [0.3, 0.4) is 0 Å². The lowest BCUT2D eigenvalue weighted by Crippen LogP contribution is -2.56. The van der Waals surface area contributed by atoms with Crippen LogP contribution in [0.1, 0.15) is 45.7 Å². The number of halogens is 3. The molecular formula is C35H33ClF2N4O5. The molecular weight excluding hydrogens is 630 g/mol. The molecule has 0 saturated carbocycles. The normalized spacial score (nSPS) is 15.9. The first-order valence-corrected chi connectivity index (χ1v) is 16.0. The van der Waals surface area contributed by atoms with Gasteiger partial charge in [0.25, 0.3) is 11.8 Å². The summed E-state index contributed by atoms with van der Waals surface area (Å²) in [4.78, 5) is 58.9. The molecule has 0 bridgehead atoms. The number of nitrogens with one attached hydrogen (secondary N) is 1. The van der Waals surface area contributed by atoms with Crippen molar-refractivity contribution >= 4 is 46.0 Å². The van der Waals surface area contributed by atoms with Crippen LogP contribution in [0, 0.1) is 11.6 Å². The van der Waals surface area contributed by atoms with Crippen LogP contribution in [0.25, 0.3) is 11.0 Å². The number of hydrogen-bond acceptors (Lipinski definition) is 6. The van der Waals surface area contributed by atoms with Gasteiger partial charge in [-0.05, 0) is 55.2 Å². The van der Waals surface area contributed by atoms with Gasteiger partial charge in [-0.2, -0.15) is 0 Å². The molecule has 3 amide bonds. The summed E-state index contributed by atoms with van der Waals surface area (Å²) in [6.45, 7) is 3.08. The molecule has 244 valence electrons. The van der Waals surface area contributed by atoms with E-state index in [2.05, 4.69) is 10.2 Å². The topological polar surface area (TPSA) is 103 Å². The molecule has 12 heteroatoms. The number of piperidine rings is 1. The Balaban J connectivity index is 1.20. The Morgan fingerprint density at radius 3 is 2.28 bits per heavy atom. The van der Waals surface area contributed by atoms with Crippen molar-refractivity contribution in [1.82, 2.24) is 15.1 Å². The van der Waals surface area contributed by atoms with Crippen molar-refractivity contribution in [1.29, 1.82) is 0 Å². The lowest BCUT2D eigenvalue weighted by Gasteiger charge is -2.38. The van der Waals surface area contributed by atoms with Gasteiger partial charge in [0, 0.05) is 68.5 Å². The molecule has 0 radical (unpaired) electrons. The van der Waals surface area contributed by atoms with E-state index in [1.165, 1.54) is 0 Å². The van der Waals surface area contributed by atoms with Gasteiger partial charge < -0.3 is 24.4 Å². The third-order valence-electron chi connectivity index (χ3n) is 8.64. The molecule has 0 unspecified atom stereocenters. The van der Waals surface area contributed by atoms with Crippen LogP contribution in [0.5, 0.6) is 0 Å². The predicted octanol–water partition coefficient (Wildman–Crippen LogP) is 5.04. The molecule has 47 heavy (non-hydrogen) atoms. The van der Waals surface area contributed by atoms with Crippen LogP contribution in [-0.4, -0.2) is 72.8 Å². The molecule has 4 aromatic rings. The van der Waals surface area contributed by atoms with E-state index in [0.717, 1.165) is 55.7 Å². The van der Waals surface area contributed by atoms with Crippen LogP contribution in [0.15, 0.2) is 75.9 Å². The third kappa shape index (κ3) is 7.15. The Morgan fingerprint density at radius 1 is 0.851 bits per heavy atom. The van der Waals surface area contributed by atoms with Gasteiger partial charge in [0.15, 0.2) is 22.6 Å². The molecule has 1 aromatic heterocycles. The Morgan fingerprint density at radius 2 is 1.55 bits per heavy atom. The number of benzene rings is 3. The van der Waals surface area contributed by atoms with Crippen molar-refractivity contribution < 1.29 is 27.6 Å². The number of hydrogen-bond donors (Lipinski definition) is 1. The molecule has 2 saturated heterocycles. The van der Waals surface area contributed by atoms with Gasteiger partial charge in [0.2, 0.25) is 5.91 Å².